The van der Waals surface area contributed by atoms with Crippen LogP contribution in [0.25, 0.3) is 0 Å². The molecule has 0 saturated carbocycles. The maximum Gasteiger partial charge on any atom is 0.345 e. The van der Waals surface area contributed by atoms with Gasteiger partial charge in [0.2, 0.25) is 5.91 Å². The van der Waals surface area contributed by atoms with E-state index in [1.165, 1.54) is 24.1 Å². The van der Waals surface area contributed by atoms with E-state index in [2.05, 4.69) is 0 Å². The summed E-state index contributed by atoms with van der Waals surface area (Å²) < 4.78 is 5.17. The molecule has 0 aliphatic carbocycles. The summed E-state index contributed by atoms with van der Waals surface area (Å²) in [6, 6.07) is 2.85. The van der Waals surface area contributed by atoms with Crippen molar-refractivity contribution in [3.8, 4) is 0 Å². The SMILES string of the molecule is CN(CC(=O)N1CCOCC1)C(=O)c1ccc(C(=O)O)s1. The van der Waals surface area contributed by atoms with Crippen LogP contribution >= 0.6 is 11.3 Å². The molecule has 8 heteroatoms. The monoisotopic (exact) mass is 312 g/mol. The molecule has 0 spiro atoms. The zero-order chi connectivity index (χ0) is 15.4. The summed E-state index contributed by atoms with van der Waals surface area (Å²) in [5.74, 6) is -1.55. The zero-order valence-electron chi connectivity index (χ0n) is 11.6. The molecule has 114 valence electrons. The quantitative estimate of drug-likeness (QED) is 0.868. The van der Waals surface area contributed by atoms with Crippen molar-refractivity contribution in [1.29, 1.82) is 0 Å². The lowest BCUT2D eigenvalue weighted by molar-refractivity contribution is -0.135. The molecule has 2 heterocycles. The van der Waals surface area contributed by atoms with E-state index in [1.807, 2.05) is 0 Å². The molecule has 1 aliphatic heterocycles. The number of thiophene rings is 1. The Kier molecular flexibility index (Phi) is 4.92. The van der Waals surface area contributed by atoms with Crippen molar-refractivity contribution in [2.45, 2.75) is 0 Å². The highest BCUT2D eigenvalue weighted by Gasteiger charge is 2.22. The topological polar surface area (TPSA) is 87.2 Å². The standard InChI is InChI=1S/C13H16N2O5S/c1-14(8-11(16)15-4-6-20-7-5-15)12(17)9-2-3-10(21-9)13(18)19/h2-3H,4-8H2,1H3,(H,18,19). The number of aromatic carboxylic acids is 1. The normalized spacial score (nSPS) is 14.8. The molecule has 1 aliphatic rings. The molecule has 1 saturated heterocycles. The van der Waals surface area contributed by atoms with Gasteiger partial charge in [0.25, 0.3) is 5.91 Å². The zero-order valence-corrected chi connectivity index (χ0v) is 12.4. The Hall–Kier alpha value is -1.93. The van der Waals surface area contributed by atoms with Gasteiger partial charge in [-0.05, 0) is 12.1 Å². The molecule has 21 heavy (non-hydrogen) atoms. The van der Waals surface area contributed by atoms with Crippen molar-refractivity contribution in [2.75, 3.05) is 39.9 Å². The summed E-state index contributed by atoms with van der Waals surface area (Å²) in [5.41, 5.74) is 0. The fourth-order valence-electron chi connectivity index (χ4n) is 1.94. The van der Waals surface area contributed by atoms with Gasteiger partial charge in [0.1, 0.15) is 4.88 Å². The largest absolute Gasteiger partial charge is 0.477 e. The van der Waals surface area contributed by atoms with Crippen LogP contribution in [0.15, 0.2) is 12.1 Å². The van der Waals surface area contributed by atoms with Gasteiger partial charge in [0.15, 0.2) is 0 Å². The van der Waals surface area contributed by atoms with Gasteiger partial charge in [0.05, 0.1) is 24.6 Å². The van der Waals surface area contributed by atoms with Gasteiger partial charge >= 0.3 is 5.97 Å². The first-order valence-corrected chi connectivity index (χ1v) is 7.25. The number of hydrogen-bond donors (Lipinski definition) is 1. The Morgan fingerprint density at radius 3 is 2.48 bits per heavy atom. The molecule has 2 rings (SSSR count). The highest BCUT2D eigenvalue weighted by atomic mass is 32.1. The van der Waals surface area contributed by atoms with Crippen LogP contribution in [0.2, 0.25) is 0 Å². The first-order chi connectivity index (χ1) is 9.99. The van der Waals surface area contributed by atoms with Crippen molar-refractivity contribution in [2.24, 2.45) is 0 Å². The highest BCUT2D eigenvalue weighted by Crippen LogP contribution is 2.18. The van der Waals surface area contributed by atoms with Crippen molar-refractivity contribution >= 4 is 29.1 Å². The fraction of sp³-hybridized carbons (Fsp3) is 0.462. The molecule has 1 aromatic rings. The lowest BCUT2D eigenvalue weighted by Gasteiger charge is -2.28. The Labute approximate surface area is 125 Å². The summed E-state index contributed by atoms with van der Waals surface area (Å²) in [5, 5.41) is 8.85. The van der Waals surface area contributed by atoms with E-state index in [9.17, 15) is 14.4 Å². The summed E-state index contributed by atoms with van der Waals surface area (Å²) in [6.45, 7) is 2.05. The molecular formula is C13H16N2O5S. The van der Waals surface area contributed by atoms with E-state index < -0.39 is 5.97 Å². The molecule has 1 aromatic heterocycles. The maximum atomic E-state index is 12.1. The van der Waals surface area contributed by atoms with E-state index in [4.69, 9.17) is 9.84 Å². The molecule has 7 nitrogen and oxygen atoms in total. The molecule has 1 fully saturated rings. The predicted molar refractivity (Wildman–Crippen MR) is 75.6 cm³/mol. The average molecular weight is 312 g/mol. The number of carbonyl (C=O) groups is 3. The van der Waals surface area contributed by atoms with Gasteiger partial charge in [0, 0.05) is 20.1 Å². The van der Waals surface area contributed by atoms with Crippen LogP contribution in [0, 0.1) is 0 Å². The summed E-state index contributed by atoms with van der Waals surface area (Å²) in [4.78, 5) is 38.4. The first kappa shape index (κ1) is 15.5. The number of carboxylic acid groups (broad SMARTS) is 1. The van der Waals surface area contributed by atoms with Gasteiger partial charge in [-0.25, -0.2) is 4.79 Å². The fourth-order valence-corrected chi connectivity index (χ4v) is 2.78. The maximum absolute atomic E-state index is 12.1. The van der Waals surface area contributed by atoms with Crippen LogP contribution in [0.5, 0.6) is 0 Å². The molecule has 0 unspecified atom stereocenters. The van der Waals surface area contributed by atoms with Gasteiger partial charge < -0.3 is 19.6 Å². The number of likely N-dealkylation sites (N-methyl/N-ethyl adjacent to an activating group) is 1. The van der Waals surface area contributed by atoms with Crippen molar-refractivity contribution in [3.63, 3.8) is 0 Å². The second-order valence-corrected chi connectivity index (χ2v) is 5.71. The minimum atomic E-state index is -1.06. The number of carboxylic acids is 1. The Bertz CT molecular complexity index is 551. The third kappa shape index (κ3) is 3.79. The van der Waals surface area contributed by atoms with Crippen LogP contribution in [-0.4, -0.2) is 72.6 Å². The summed E-state index contributed by atoms with van der Waals surface area (Å²) >= 11 is 0.904. The van der Waals surface area contributed by atoms with Gasteiger partial charge in [-0.2, -0.15) is 0 Å². The molecule has 1 N–H and O–H groups in total. The van der Waals surface area contributed by atoms with E-state index in [-0.39, 0.29) is 23.2 Å². The Morgan fingerprint density at radius 1 is 1.29 bits per heavy atom. The minimum absolute atomic E-state index is 0.0286. The number of morpholine rings is 1. The van der Waals surface area contributed by atoms with Crippen LogP contribution in [0.4, 0.5) is 0 Å². The minimum Gasteiger partial charge on any atom is -0.477 e. The lowest BCUT2D eigenvalue weighted by Crippen LogP contribution is -2.46. The van der Waals surface area contributed by atoms with E-state index in [1.54, 1.807) is 4.90 Å². The van der Waals surface area contributed by atoms with Crippen LogP contribution < -0.4 is 0 Å². The van der Waals surface area contributed by atoms with Crippen molar-refractivity contribution in [1.82, 2.24) is 9.80 Å². The van der Waals surface area contributed by atoms with E-state index in [0.29, 0.717) is 31.2 Å². The number of rotatable bonds is 4. The second-order valence-electron chi connectivity index (χ2n) is 4.62. The lowest BCUT2D eigenvalue weighted by atomic mass is 10.3. The number of amides is 2. The molecule has 2 amide bonds. The summed E-state index contributed by atoms with van der Waals surface area (Å²) in [7, 11) is 1.53. The second kappa shape index (κ2) is 6.68. The predicted octanol–water partition coefficient (Wildman–Crippen LogP) is 0.377. The van der Waals surface area contributed by atoms with Gasteiger partial charge in [-0.3, -0.25) is 9.59 Å². The van der Waals surface area contributed by atoms with Crippen LogP contribution in [0.3, 0.4) is 0 Å². The van der Waals surface area contributed by atoms with Gasteiger partial charge in [-0.15, -0.1) is 11.3 Å². The Balaban J connectivity index is 1.95. The number of carbonyl (C=O) groups excluding carboxylic acids is 2. The third-order valence-corrected chi connectivity index (χ3v) is 4.17. The molecule has 0 aromatic carbocycles. The molecule has 0 bridgehead atoms. The molecule has 0 radical (unpaired) electrons. The van der Waals surface area contributed by atoms with Crippen LogP contribution in [-0.2, 0) is 9.53 Å². The van der Waals surface area contributed by atoms with E-state index in [0.717, 1.165) is 11.3 Å². The van der Waals surface area contributed by atoms with Crippen molar-refractivity contribution in [3.05, 3.63) is 21.9 Å². The Morgan fingerprint density at radius 2 is 1.90 bits per heavy atom. The smallest absolute Gasteiger partial charge is 0.345 e. The van der Waals surface area contributed by atoms with Gasteiger partial charge in [-0.1, -0.05) is 0 Å². The number of nitrogens with zero attached hydrogens (tertiary/aromatic N) is 2. The average Bonchev–Trinajstić information content (AvgIpc) is 2.97. The summed E-state index contributed by atoms with van der Waals surface area (Å²) in [6.07, 6.45) is 0. The van der Waals surface area contributed by atoms with Crippen molar-refractivity contribution < 1.29 is 24.2 Å². The third-order valence-electron chi connectivity index (χ3n) is 3.11. The number of hydrogen-bond acceptors (Lipinski definition) is 5. The van der Waals surface area contributed by atoms with Crippen LogP contribution in [0.1, 0.15) is 19.3 Å². The highest BCUT2D eigenvalue weighted by molar-refractivity contribution is 7.15. The molecule has 0 atom stereocenters. The van der Waals surface area contributed by atoms with E-state index >= 15 is 0 Å². The number of ether oxygens (including phenoxy) is 1. The first-order valence-electron chi connectivity index (χ1n) is 6.43. The molecular weight excluding hydrogens is 296 g/mol.